The summed E-state index contributed by atoms with van der Waals surface area (Å²) >= 11 is 0. The van der Waals surface area contributed by atoms with E-state index in [-0.39, 0.29) is 23.8 Å². The van der Waals surface area contributed by atoms with Crippen molar-refractivity contribution in [2.24, 2.45) is 5.92 Å². The van der Waals surface area contributed by atoms with Crippen molar-refractivity contribution >= 4 is 23.7 Å². The van der Waals surface area contributed by atoms with Crippen LogP contribution in [-0.2, 0) is 9.53 Å². The van der Waals surface area contributed by atoms with E-state index in [0.29, 0.717) is 51.4 Å². The zero-order valence-electron chi connectivity index (χ0n) is 18.9. The first-order chi connectivity index (χ1) is 15.6. The number of ether oxygens (including phenoxy) is 1. The van der Waals surface area contributed by atoms with Gasteiger partial charge in [-0.05, 0) is 44.7 Å². The number of aromatic nitrogens is 1. The number of hydrogen-bond acceptors (Lipinski definition) is 6. The van der Waals surface area contributed by atoms with E-state index in [4.69, 9.17) is 4.74 Å². The Balaban J connectivity index is 1.23. The molecule has 174 valence electrons. The van der Waals surface area contributed by atoms with Gasteiger partial charge in [-0.15, -0.1) is 0 Å². The van der Waals surface area contributed by atoms with Gasteiger partial charge in [-0.1, -0.05) is 0 Å². The first kappa shape index (κ1) is 22.4. The van der Waals surface area contributed by atoms with Crippen LogP contribution in [0.2, 0.25) is 0 Å². The number of nitrogens with zero attached hydrogens (tertiary/aromatic N) is 5. The van der Waals surface area contributed by atoms with Crippen molar-refractivity contribution in [1.82, 2.24) is 19.7 Å². The topological polar surface area (TPSA) is 86.3 Å². The van der Waals surface area contributed by atoms with Gasteiger partial charge in [0.25, 0.3) is 0 Å². The van der Waals surface area contributed by atoms with Crippen molar-refractivity contribution in [3.8, 4) is 0 Å². The van der Waals surface area contributed by atoms with Gasteiger partial charge in [-0.25, -0.2) is 14.6 Å². The molecule has 0 spiro atoms. The molecule has 0 bridgehead atoms. The lowest BCUT2D eigenvalue weighted by molar-refractivity contribution is -0.137. The predicted octanol–water partition coefficient (Wildman–Crippen LogP) is 1.83. The molecular formula is C23H33N5O4. The minimum atomic E-state index is -0.366. The highest BCUT2D eigenvalue weighted by molar-refractivity contribution is 5.89. The average molecular weight is 444 g/mol. The molecule has 0 radical (unpaired) electrons. The Kier molecular flexibility index (Phi) is 7.12. The Morgan fingerprint density at radius 2 is 1.56 bits per heavy atom. The molecule has 0 atom stereocenters. The number of esters is 1. The molecule has 1 aromatic rings. The molecule has 0 N–H and O–H groups in total. The number of amides is 3. The highest BCUT2D eigenvalue weighted by Gasteiger charge is 2.33. The second-order valence-electron chi connectivity index (χ2n) is 8.68. The van der Waals surface area contributed by atoms with Gasteiger partial charge in [0.2, 0.25) is 5.91 Å². The third kappa shape index (κ3) is 4.97. The summed E-state index contributed by atoms with van der Waals surface area (Å²) < 4.78 is 5.00. The van der Waals surface area contributed by atoms with Crippen LogP contribution in [0.4, 0.5) is 10.6 Å². The standard InChI is InChI=1S/C23H33N5O4/c1-2-32-22(30)19-5-6-20(24-17-19)25-13-15-26(16-14-25)21(29)18-7-11-28(12-8-18)23(31)27-9-3-4-10-27/h5-6,17-18H,2-4,7-16H2,1H3. The van der Waals surface area contributed by atoms with Crippen LogP contribution in [0.3, 0.4) is 0 Å². The lowest BCUT2D eigenvalue weighted by Gasteiger charge is -2.39. The molecule has 9 heteroatoms. The summed E-state index contributed by atoms with van der Waals surface area (Å²) in [6, 6.07) is 3.70. The molecule has 3 saturated heterocycles. The van der Waals surface area contributed by atoms with Gasteiger partial charge in [0, 0.05) is 64.5 Å². The molecule has 32 heavy (non-hydrogen) atoms. The van der Waals surface area contributed by atoms with E-state index in [2.05, 4.69) is 9.88 Å². The van der Waals surface area contributed by atoms with Gasteiger partial charge in [0.15, 0.2) is 0 Å². The van der Waals surface area contributed by atoms with E-state index < -0.39 is 0 Å². The van der Waals surface area contributed by atoms with E-state index in [1.165, 1.54) is 0 Å². The van der Waals surface area contributed by atoms with E-state index in [1.807, 2.05) is 20.8 Å². The van der Waals surface area contributed by atoms with Crippen molar-refractivity contribution in [1.29, 1.82) is 0 Å². The van der Waals surface area contributed by atoms with Crippen LogP contribution in [0.5, 0.6) is 0 Å². The summed E-state index contributed by atoms with van der Waals surface area (Å²) in [5.41, 5.74) is 0.443. The third-order valence-electron chi connectivity index (χ3n) is 6.67. The van der Waals surface area contributed by atoms with E-state index in [9.17, 15) is 14.4 Å². The maximum Gasteiger partial charge on any atom is 0.339 e. The van der Waals surface area contributed by atoms with Crippen molar-refractivity contribution in [2.45, 2.75) is 32.6 Å². The van der Waals surface area contributed by atoms with Crippen LogP contribution in [0.15, 0.2) is 18.3 Å². The second-order valence-corrected chi connectivity index (χ2v) is 8.68. The summed E-state index contributed by atoms with van der Waals surface area (Å²) in [6.45, 7) is 7.92. The first-order valence-corrected chi connectivity index (χ1v) is 11.8. The zero-order valence-corrected chi connectivity index (χ0v) is 18.9. The number of hydrogen-bond donors (Lipinski definition) is 0. The van der Waals surface area contributed by atoms with Gasteiger partial charge >= 0.3 is 12.0 Å². The van der Waals surface area contributed by atoms with Crippen molar-refractivity contribution in [3.63, 3.8) is 0 Å². The Bertz CT molecular complexity index is 808. The Labute approximate surface area is 189 Å². The smallest absolute Gasteiger partial charge is 0.339 e. The minimum Gasteiger partial charge on any atom is -0.462 e. The van der Waals surface area contributed by atoms with Crippen LogP contribution in [0, 0.1) is 5.92 Å². The lowest BCUT2D eigenvalue weighted by Crippen LogP contribution is -2.53. The highest BCUT2D eigenvalue weighted by atomic mass is 16.5. The number of urea groups is 1. The van der Waals surface area contributed by atoms with Crippen LogP contribution in [0.1, 0.15) is 43.0 Å². The van der Waals surface area contributed by atoms with Gasteiger partial charge < -0.3 is 24.3 Å². The Morgan fingerprint density at radius 1 is 0.906 bits per heavy atom. The monoisotopic (exact) mass is 443 g/mol. The predicted molar refractivity (Wildman–Crippen MR) is 119 cm³/mol. The summed E-state index contributed by atoms with van der Waals surface area (Å²) in [6.07, 6.45) is 5.22. The van der Waals surface area contributed by atoms with Crippen molar-refractivity contribution < 1.29 is 19.1 Å². The molecule has 3 aliphatic rings. The second kappa shape index (κ2) is 10.2. The molecule has 0 aromatic carbocycles. The zero-order chi connectivity index (χ0) is 22.5. The molecular weight excluding hydrogens is 410 g/mol. The Hall–Kier alpha value is -2.84. The van der Waals surface area contributed by atoms with Crippen molar-refractivity contribution in [2.75, 3.05) is 63.9 Å². The molecule has 4 heterocycles. The molecule has 3 aliphatic heterocycles. The molecule has 9 nitrogen and oxygen atoms in total. The molecule has 4 rings (SSSR count). The molecule has 3 fully saturated rings. The maximum atomic E-state index is 13.0. The number of piperidine rings is 1. The molecule has 0 aliphatic carbocycles. The lowest BCUT2D eigenvalue weighted by atomic mass is 9.95. The fourth-order valence-electron chi connectivity index (χ4n) is 4.75. The highest BCUT2D eigenvalue weighted by Crippen LogP contribution is 2.23. The first-order valence-electron chi connectivity index (χ1n) is 11.8. The minimum absolute atomic E-state index is 0.00571. The number of carbonyl (C=O) groups excluding carboxylic acids is 3. The summed E-state index contributed by atoms with van der Waals surface area (Å²) in [4.78, 5) is 49.7. The molecule has 0 saturated carbocycles. The average Bonchev–Trinajstić information content (AvgIpc) is 3.39. The summed E-state index contributed by atoms with van der Waals surface area (Å²) in [7, 11) is 0. The van der Waals surface area contributed by atoms with Gasteiger partial charge in [0.05, 0.1) is 12.2 Å². The van der Waals surface area contributed by atoms with Gasteiger partial charge in [-0.3, -0.25) is 4.79 Å². The number of rotatable bonds is 4. The molecule has 3 amide bonds. The van der Waals surface area contributed by atoms with E-state index >= 15 is 0 Å². The molecule has 0 unspecified atom stereocenters. The molecule has 1 aromatic heterocycles. The normalized spacial score (nSPS) is 19.9. The fourth-order valence-corrected chi connectivity index (χ4v) is 4.75. The number of piperazine rings is 1. The quantitative estimate of drug-likeness (QED) is 0.660. The van der Waals surface area contributed by atoms with Crippen LogP contribution in [0.25, 0.3) is 0 Å². The van der Waals surface area contributed by atoms with Crippen molar-refractivity contribution in [3.05, 3.63) is 23.9 Å². The SMILES string of the molecule is CCOC(=O)c1ccc(N2CCN(C(=O)C3CCN(C(=O)N4CCCC4)CC3)CC2)nc1. The largest absolute Gasteiger partial charge is 0.462 e. The van der Waals surface area contributed by atoms with Crippen LogP contribution < -0.4 is 4.90 Å². The fraction of sp³-hybridized carbons (Fsp3) is 0.652. The number of pyridine rings is 1. The van der Waals surface area contributed by atoms with E-state index in [1.54, 1.807) is 19.2 Å². The van der Waals surface area contributed by atoms with E-state index in [0.717, 1.165) is 44.6 Å². The number of carbonyl (C=O) groups is 3. The van der Waals surface area contributed by atoms with Crippen LogP contribution >= 0.6 is 0 Å². The van der Waals surface area contributed by atoms with Gasteiger partial charge in [-0.2, -0.15) is 0 Å². The number of likely N-dealkylation sites (tertiary alicyclic amines) is 2. The maximum absolute atomic E-state index is 13.0. The Morgan fingerprint density at radius 3 is 2.16 bits per heavy atom. The number of anilines is 1. The van der Waals surface area contributed by atoms with Gasteiger partial charge in [0.1, 0.15) is 5.82 Å². The van der Waals surface area contributed by atoms with Crippen LogP contribution in [-0.4, -0.2) is 96.6 Å². The third-order valence-corrected chi connectivity index (χ3v) is 6.67. The summed E-state index contributed by atoms with van der Waals surface area (Å²) in [5.74, 6) is 0.656. The summed E-state index contributed by atoms with van der Waals surface area (Å²) in [5, 5.41) is 0.